The van der Waals surface area contributed by atoms with Crippen molar-refractivity contribution in [1.29, 1.82) is 0 Å². The van der Waals surface area contributed by atoms with Gasteiger partial charge in [0.2, 0.25) is 0 Å². The van der Waals surface area contributed by atoms with Crippen molar-refractivity contribution in [2.45, 2.75) is 32.7 Å². The topological polar surface area (TPSA) is 18.5 Å². The fourth-order valence-corrected chi connectivity index (χ4v) is 2.80. The largest absolute Gasteiger partial charge is 0.372 e. The highest BCUT2D eigenvalue weighted by Crippen LogP contribution is 2.20. The third kappa shape index (κ3) is 6.25. The number of benzene rings is 1. The molecule has 1 heterocycles. The van der Waals surface area contributed by atoms with Crippen LogP contribution in [0.3, 0.4) is 0 Å². The van der Waals surface area contributed by atoms with Gasteiger partial charge in [0.1, 0.15) is 0 Å². The van der Waals surface area contributed by atoms with E-state index in [1.807, 2.05) is 0 Å². The molecule has 0 spiro atoms. The number of likely N-dealkylation sites (N-methyl/N-ethyl adjacent to an activating group) is 2. The summed E-state index contributed by atoms with van der Waals surface area (Å²) in [5.74, 6) is 0. The van der Waals surface area contributed by atoms with Crippen LogP contribution in [0.2, 0.25) is 0 Å². The van der Waals surface area contributed by atoms with Gasteiger partial charge >= 0.3 is 0 Å². The van der Waals surface area contributed by atoms with Crippen LogP contribution in [0.25, 0.3) is 0 Å². The number of piperidine rings is 1. The molecule has 120 valence electrons. The fraction of sp³-hybridized carbons (Fsp3) is 0.647. The number of hydrogen-bond acceptors (Lipinski definition) is 3. The molecular formula is C17H30ClN3. The van der Waals surface area contributed by atoms with Crippen molar-refractivity contribution < 1.29 is 0 Å². The molecule has 0 unspecified atom stereocenters. The number of nitrogens with zero attached hydrogens (tertiary/aromatic N) is 2. The predicted molar refractivity (Wildman–Crippen MR) is 94.6 cm³/mol. The highest BCUT2D eigenvalue weighted by Gasteiger charge is 2.10. The maximum absolute atomic E-state index is 3.37. The summed E-state index contributed by atoms with van der Waals surface area (Å²) in [4.78, 5) is 4.89. The zero-order chi connectivity index (χ0) is 14.2. The first-order chi connectivity index (χ1) is 9.79. The van der Waals surface area contributed by atoms with Gasteiger partial charge in [-0.15, -0.1) is 12.4 Å². The SMILES string of the molecule is CCNCCN(C)Cc1ccc(N2CCCCC2)cc1.Cl. The van der Waals surface area contributed by atoms with Crippen LogP contribution in [-0.2, 0) is 6.54 Å². The molecule has 0 atom stereocenters. The first-order valence-electron chi connectivity index (χ1n) is 8.02. The standard InChI is InChI=1S/C17H29N3.ClH/c1-3-18-11-14-19(2)15-16-7-9-17(10-8-16)20-12-5-4-6-13-20;/h7-10,18H,3-6,11-15H2,1-2H3;1H. The molecule has 3 nitrogen and oxygen atoms in total. The first kappa shape index (κ1) is 18.3. The van der Waals surface area contributed by atoms with Crippen molar-refractivity contribution >= 4 is 18.1 Å². The van der Waals surface area contributed by atoms with Gasteiger partial charge < -0.3 is 15.1 Å². The lowest BCUT2D eigenvalue weighted by atomic mass is 10.1. The van der Waals surface area contributed by atoms with Crippen LogP contribution >= 0.6 is 12.4 Å². The van der Waals surface area contributed by atoms with E-state index in [1.165, 1.54) is 43.6 Å². The normalized spacial score (nSPS) is 15.1. The summed E-state index contributed by atoms with van der Waals surface area (Å²) in [6.07, 6.45) is 4.08. The minimum absolute atomic E-state index is 0. The summed E-state index contributed by atoms with van der Waals surface area (Å²) in [6, 6.07) is 9.15. The second-order valence-electron chi connectivity index (χ2n) is 5.81. The summed E-state index contributed by atoms with van der Waals surface area (Å²) in [6.45, 7) is 8.85. The van der Waals surface area contributed by atoms with E-state index in [0.29, 0.717) is 0 Å². The Labute approximate surface area is 136 Å². The van der Waals surface area contributed by atoms with E-state index in [1.54, 1.807) is 0 Å². The molecule has 1 aliphatic heterocycles. The summed E-state index contributed by atoms with van der Waals surface area (Å²) in [7, 11) is 2.19. The van der Waals surface area contributed by atoms with Gasteiger partial charge in [0.25, 0.3) is 0 Å². The highest BCUT2D eigenvalue weighted by molar-refractivity contribution is 5.85. The third-order valence-corrected chi connectivity index (χ3v) is 4.03. The lowest BCUT2D eigenvalue weighted by Gasteiger charge is -2.29. The number of anilines is 1. The van der Waals surface area contributed by atoms with Crippen LogP contribution in [0.1, 0.15) is 31.7 Å². The second-order valence-corrected chi connectivity index (χ2v) is 5.81. The lowest BCUT2D eigenvalue weighted by molar-refractivity contribution is 0.325. The molecule has 1 aliphatic rings. The van der Waals surface area contributed by atoms with Crippen LogP contribution in [0, 0.1) is 0 Å². The van der Waals surface area contributed by atoms with Gasteiger partial charge in [-0.1, -0.05) is 19.1 Å². The Morgan fingerprint density at radius 2 is 1.76 bits per heavy atom. The molecule has 0 radical (unpaired) electrons. The zero-order valence-corrected chi connectivity index (χ0v) is 14.3. The zero-order valence-electron chi connectivity index (χ0n) is 13.5. The molecule has 1 aromatic rings. The van der Waals surface area contributed by atoms with Crippen LogP contribution < -0.4 is 10.2 Å². The van der Waals surface area contributed by atoms with E-state index in [0.717, 1.165) is 26.2 Å². The Balaban J connectivity index is 0.00000220. The third-order valence-electron chi connectivity index (χ3n) is 4.03. The van der Waals surface area contributed by atoms with Crippen molar-refractivity contribution in [2.75, 3.05) is 44.7 Å². The smallest absolute Gasteiger partial charge is 0.0366 e. The molecule has 0 saturated carbocycles. The van der Waals surface area contributed by atoms with E-state index in [4.69, 9.17) is 0 Å². The first-order valence-corrected chi connectivity index (χ1v) is 8.02. The fourth-order valence-electron chi connectivity index (χ4n) is 2.80. The average Bonchev–Trinajstić information content (AvgIpc) is 2.49. The van der Waals surface area contributed by atoms with E-state index in [9.17, 15) is 0 Å². The molecule has 21 heavy (non-hydrogen) atoms. The van der Waals surface area contributed by atoms with Crippen molar-refractivity contribution in [3.05, 3.63) is 29.8 Å². The van der Waals surface area contributed by atoms with Gasteiger partial charge in [-0.25, -0.2) is 0 Å². The minimum Gasteiger partial charge on any atom is -0.372 e. The number of hydrogen-bond donors (Lipinski definition) is 1. The van der Waals surface area contributed by atoms with Crippen molar-refractivity contribution in [3.8, 4) is 0 Å². The molecule has 1 N–H and O–H groups in total. The number of rotatable bonds is 7. The van der Waals surface area contributed by atoms with Crippen LogP contribution in [0.5, 0.6) is 0 Å². The second kappa shape index (κ2) is 10.0. The van der Waals surface area contributed by atoms with Crippen molar-refractivity contribution in [1.82, 2.24) is 10.2 Å². The molecule has 0 aliphatic carbocycles. The molecule has 2 rings (SSSR count). The van der Waals surface area contributed by atoms with Crippen LogP contribution in [-0.4, -0.2) is 44.7 Å². The average molecular weight is 312 g/mol. The summed E-state index contributed by atoms with van der Waals surface area (Å²) in [5, 5.41) is 3.37. The molecule has 1 aromatic carbocycles. The maximum atomic E-state index is 3.37. The Bertz CT molecular complexity index is 374. The molecule has 4 heteroatoms. The van der Waals surface area contributed by atoms with Crippen LogP contribution in [0.15, 0.2) is 24.3 Å². The van der Waals surface area contributed by atoms with Crippen molar-refractivity contribution in [3.63, 3.8) is 0 Å². The molecular weight excluding hydrogens is 282 g/mol. The van der Waals surface area contributed by atoms with E-state index in [-0.39, 0.29) is 12.4 Å². The van der Waals surface area contributed by atoms with Crippen LogP contribution in [0.4, 0.5) is 5.69 Å². The Morgan fingerprint density at radius 3 is 2.38 bits per heavy atom. The maximum Gasteiger partial charge on any atom is 0.0366 e. The van der Waals surface area contributed by atoms with Gasteiger partial charge in [0.15, 0.2) is 0 Å². The lowest BCUT2D eigenvalue weighted by Crippen LogP contribution is -2.29. The van der Waals surface area contributed by atoms with E-state index < -0.39 is 0 Å². The van der Waals surface area contributed by atoms with E-state index in [2.05, 4.69) is 53.4 Å². The van der Waals surface area contributed by atoms with Gasteiger partial charge in [-0.05, 0) is 50.6 Å². The van der Waals surface area contributed by atoms with Gasteiger partial charge in [-0.3, -0.25) is 0 Å². The minimum atomic E-state index is 0. The Kier molecular flexibility index (Phi) is 8.74. The monoisotopic (exact) mass is 311 g/mol. The van der Waals surface area contributed by atoms with Gasteiger partial charge in [-0.2, -0.15) is 0 Å². The Hall–Kier alpha value is -0.770. The van der Waals surface area contributed by atoms with Crippen molar-refractivity contribution in [2.24, 2.45) is 0 Å². The van der Waals surface area contributed by atoms with Gasteiger partial charge in [0, 0.05) is 38.4 Å². The molecule has 0 aromatic heterocycles. The quantitative estimate of drug-likeness (QED) is 0.781. The van der Waals surface area contributed by atoms with E-state index >= 15 is 0 Å². The summed E-state index contributed by atoms with van der Waals surface area (Å²) in [5.41, 5.74) is 2.80. The molecule has 0 bridgehead atoms. The molecule has 1 saturated heterocycles. The summed E-state index contributed by atoms with van der Waals surface area (Å²) < 4.78 is 0. The number of nitrogens with one attached hydrogen (secondary N) is 1. The Morgan fingerprint density at radius 1 is 1.10 bits per heavy atom. The van der Waals surface area contributed by atoms with Gasteiger partial charge in [0.05, 0.1) is 0 Å². The predicted octanol–water partition coefficient (Wildman–Crippen LogP) is 3.14. The summed E-state index contributed by atoms with van der Waals surface area (Å²) >= 11 is 0. The molecule has 0 amide bonds. The highest BCUT2D eigenvalue weighted by atomic mass is 35.5. The number of halogens is 1. The molecule has 1 fully saturated rings.